The molecule has 5 rings (SSSR count). The highest BCUT2D eigenvalue weighted by Gasteiger charge is 2.43. The van der Waals surface area contributed by atoms with Crippen LogP contribution in [-0.4, -0.2) is 79.6 Å². The summed E-state index contributed by atoms with van der Waals surface area (Å²) in [6, 6.07) is 1.18. The summed E-state index contributed by atoms with van der Waals surface area (Å²) in [6.07, 6.45) is 9.44. The second-order valence-corrected chi connectivity index (χ2v) is 10.9. The van der Waals surface area contributed by atoms with E-state index < -0.39 is 0 Å². The summed E-state index contributed by atoms with van der Waals surface area (Å²) in [5.41, 5.74) is 1.62. The van der Waals surface area contributed by atoms with Gasteiger partial charge in [-0.05, 0) is 50.5 Å². The predicted octanol–water partition coefficient (Wildman–Crippen LogP) is 1.54. The van der Waals surface area contributed by atoms with E-state index in [0.717, 1.165) is 57.8 Å². The number of piperidine rings is 1. The Balaban J connectivity index is 1.07. The van der Waals surface area contributed by atoms with Gasteiger partial charge in [0.15, 0.2) is 0 Å². The summed E-state index contributed by atoms with van der Waals surface area (Å²) in [5.74, 6) is 1.83. The molecule has 0 bridgehead atoms. The van der Waals surface area contributed by atoms with Crippen LogP contribution in [0.25, 0.3) is 0 Å². The van der Waals surface area contributed by atoms with Crippen molar-refractivity contribution in [3.63, 3.8) is 0 Å². The van der Waals surface area contributed by atoms with Crippen LogP contribution in [0.4, 0.5) is 0 Å². The van der Waals surface area contributed by atoms with Gasteiger partial charge in [0.25, 0.3) is 0 Å². The molecule has 3 saturated heterocycles. The molecule has 5 aliphatic rings. The maximum atomic E-state index is 13.1. The molecular weight excluding hydrogens is 374 g/mol. The lowest BCUT2D eigenvalue weighted by atomic mass is 9.74. The number of allylic oxidation sites excluding steroid dienone is 1. The number of carbonyl (C=O) groups excluding carboxylic acids is 1. The summed E-state index contributed by atoms with van der Waals surface area (Å²) in [5, 5.41) is 11.2. The lowest BCUT2D eigenvalue weighted by Gasteiger charge is -2.45. The van der Waals surface area contributed by atoms with Crippen LogP contribution in [0.3, 0.4) is 0 Å². The number of fused-ring (bicyclic) bond motifs is 1. The van der Waals surface area contributed by atoms with Gasteiger partial charge in [0, 0.05) is 62.5 Å². The standard InChI is InChI=1S/C24H41N5O/c1-17(24(2)7-8-24)28-9-11-29(12-10-28)23(30)22-16-26-21(15-27-22)19-13-18-5-3-4-6-20(18)25-14-19/h18-22,25-27H,1,3-16H2,2H3. The van der Waals surface area contributed by atoms with Crippen molar-refractivity contribution in [3.05, 3.63) is 12.3 Å². The zero-order valence-electron chi connectivity index (χ0n) is 18.8. The SMILES string of the molecule is C=C(N1CCN(C(=O)C2CNC(C3CNC4CCCCC4C3)CN2)CC1)C1(C)CC1. The van der Waals surface area contributed by atoms with Crippen molar-refractivity contribution < 1.29 is 4.79 Å². The maximum Gasteiger partial charge on any atom is 0.241 e. The average molecular weight is 416 g/mol. The zero-order chi connectivity index (χ0) is 20.7. The first-order valence-electron chi connectivity index (χ1n) is 12.5. The van der Waals surface area contributed by atoms with Crippen molar-refractivity contribution in [3.8, 4) is 0 Å². The Bertz CT molecular complexity index is 646. The molecule has 1 amide bonds. The molecule has 0 radical (unpaired) electrons. The van der Waals surface area contributed by atoms with E-state index in [9.17, 15) is 4.79 Å². The third kappa shape index (κ3) is 4.15. The van der Waals surface area contributed by atoms with Crippen LogP contribution in [0.15, 0.2) is 12.3 Å². The van der Waals surface area contributed by atoms with Crippen molar-refractivity contribution >= 4 is 5.91 Å². The fourth-order valence-electron chi connectivity index (χ4n) is 6.31. The molecule has 3 heterocycles. The molecule has 5 atom stereocenters. The van der Waals surface area contributed by atoms with E-state index >= 15 is 0 Å². The highest BCUT2D eigenvalue weighted by atomic mass is 16.2. The first-order valence-corrected chi connectivity index (χ1v) is 12.5. The van der Waals surface area contributed by atoms with Crippen LogP contribution in [0.1, 0.15) is 51.9 Å². The Kier molecular flexibility index (Phi) is 5.84. The molecule has 2 saturated carbocycles. The number of hydrogen-bond acceptors (Lipinski definition) is 5. The van der Waals surface area contributed by atoms with Gasteiger partial charge in [0.1, 0.15) is 0 Å². The van der Waals surface area contributed by atoms with Gasteiger partial charge < -0.3 is 25.8 Å². The number of nitrogens with zero attached hydrogens (tertiary/aromatic N) is 2. The lowest BCUT2D eigenvalue weighted by molar-refractivity contribution is -0.135. The molecule has 6 heteroatoms. The Morgan fingerprint density at radius 3 is 2.27 bits per heavy atom. The average Bonchev–Trinajstić information content (AvgIpc) is 3.56. The largest absolute Gasteiger partial charge is 0.371 e. The molecule has 5 fully saturated rings. The molecule has 3 aliphatic heterocycles. The minimum Gasteiger partial charge on any atom is -0.371 e. The second kappa shape index (κ2) is 8.44. The molecule has 0 aromatic carbocycles. The Morgan fingerprint density at radius 2 is 1.57 bits per heavy atom. The van der Waals surface area contributed by atoms with Crippen molar-refractivity contribution in [2.45, 2.75) is 70.0 Å². The van der Waals surface area contributed by atoms with Crippen molar-refractivity contribution in [1.29, 1.82) is 0 Å². The molecular formula is C24H41N5O. The van der Waals surface area contributed by atoms with Gasteiger partial charge in [-0.15, -0.1) is 0 Å². The van der Waals surface area contributed by atoms with E-state index in [2.05, 4.69) is 39.3 Å². The van der Waals surface area contributed by atoms with Crippen LogP contribution < -0.4 is 16.0 Å². The summed E-state index contributed by atoms with van der Waals surface area (Å²) in [6.45, 7) is 13.0. The van der Waals surface area contributed by atoms with E-state index in [0.29, 0.717) is 17.4 Å². The van der Waals surface area contributed by atoms with Gasteiger partial charge in [0.05, 0.1) is 6.04 Å². The van der Waals surface area contributed by atoms with E-state index in [1.165, 1.54) is 50.6 Å². The number of carbonyl (C=O) groups is 1. The summed E-state index contributed by atoms with van der Waals surface area (Å²) in [7, 11) is 0. The van der Waals surface area contributed by atoms with Crippen LogP contribution in [0.5, 0.6) is 0 Å². The molecule has 3 N–H and O–H groups in total. The third-order valence-corrected chi connectivity index (χ3v) is 8.86. The number of rotatable bonds is 4. The van der Waals surface area contributed by atoms with Crippen LogP contribution >= 0.6 is 0 Å². The number of piperazine rings is 2. The maximum absolute atomic E-state index is 13.1. The van der Waals surface area contributed by atoms with E-state index in [1.54, 1.807) is 0 Å². The first kappa shape index (κ1) is 20.8. The second-order valence-electron chi connectivity index (χ2n) is 10.9. The molecule has 6 nitrogen and oxygen atoms in total. The highest BCUT2D eigenvalue weighted by Crippen LogP contribution is 2.51. The Morgan fingerprint density at radius 1 is 0.867 bits per heavy atom. The molecule has 2 aliphatic carbocycles. The number of nitrogens with one attached hydrogen (secondary N) is 3. The topological polar surface area (TPSA) is 59.6 Å². The molecule has 0 spiro atoms. The van der Waals surface area contributed by atoms with Crippen LogP contribution in [-0.2, 0) is 4.79 Å². The highest BCUT2D eigenvalue weighted by molar-refractivity contribution is 5.82. The van der Waals surface area contributed by atoms with Crippen LogP contribution in [0.2, 0.25) is 0 Å². The minimum atomic E-state index is -0.0732. The van der Waals surface area contributed by atoms with Crippen molar-refractivity contribution in [2.75, 3.05) is 45.8 Å². The molecule has 168 valence electrons. The Labute approximate surface area is 182 Å². The van der Waals surface area contributed by atoms with E-state index in [4.69, 9.17) is 0 Å². The quantitative estimate of drug-likeness (QED) is 0.650. The third-order valence-electron chi connectivity index (χ3n) is 8.86. The fraction of sp³-hybridized carbons (Fsp3) is 0.875. The van der Waals surface area contributed by atoms with Gasteiger partial charge in [0.2, 0.25) is 5.91 Å². The minimum absolute atomic E-state index is 0.0732. The molecule has 0 aromatic heterocycles. The monoisotopic (exact) mass is 415 g/mol. The van der Waals surface area contributed by atoms with Gasteiger partial charge in [-0.25, -0.2) is 0 Å². The Hall–Kier alpha value is -1.11. The fourth-order valence-corrected chi connectivity index (χ4v) is 6.31. The lowest BCUT2D eigenvalue weighted by Crippen LogP contribution is -2.65. The molecule has 0 aromatic rings. The first-order chi connectivity index (χ1) is 14.5. The molecule has 30 heavy (non-hydrogen) atoms. The number of hydrogen-bond donors (Lipinski definition) is 3. The smallest absolute Gasteiger partial charge is 0.241 e. The number of amides is 1. The zero-order valence-corrected chi connectivity index (χ0v) is 18.8. The summed E-state index contributed by atoms with van der Waals surface area (Å²) in [4.78, 5) is 17.6. The predicted molar refractivity (Wildman–Crippen MR) is 120 cm³/mol. The van der Waals surface area contributed by atoms with Gasteiger partial charge in [-0.1, -0.05) is 26.3 Å². The van der Waals surface area contributed by atoms with Crippen molar-refractivity contribution in [1.82, 2.24) is 25.8 Å². The van der Waals surface area contributed by atoms with E-state index in [-0.39, 0.29) is 11.9 Å². The van der Waals surface area contributed by atoms with Gasteiger partial charge in [-0.2, -0.15) is 0 Å². The normalized spacial score (nSPS) is 38.6. The molecule has 5 unspecified atom stereocenters. The van der Waals surface area contributed by atoms with Gasteiger partial charge in [-0.3, -0.25) is 4.79 Å². The van der Waals surface area contributed by atoms with Gasteiger partial charge >= 0.3 is 0 Å². The van der Waals surface area contributed by atoms with Crippen LogP contribution in [0, 0.1) is 17.3 Å². The summed E-state index contributed by atoms with van der Waals surface area (Å²) < 4.78 is 0. The van der Waals surface area contributed by atoms with E-state index in [1.807, 2.05) is 0 Å². The van der Waals surface area contributed by atoms with Crippen molar-refractivity contribution in [2.24, 2.45) is 17.3 Å². The summed E-state index contributed by atoms with van der Waals surface area (Å²) >= 11 is 0.